The van der Waals surface area contributed by atoms with Gasteiger partial charge in [-0.25, -0.2) is 16.8 Å². The second kappa shape index (κ2) is 14.7. The molecule has 0 spiro atoms. The maximum Gasteiger partial charge on any atom is 2.00 e. The largest absolute Gasteiger partial charge is 2.00 e. The van der Waals surface area contributed by atoms with Crippen LogP contribution in [0, 0.1) is 20.8 Å². The molecule has 0 aliphatic heterocycles. The number of alkyl halides is 6. The van der Waals surface area contributed by atoms with E-state index in [1.807, 2.05) is 0 Å². The van der Waals surface area contributed by atoms with Crippen molar-refractivity contribution in [1.29, 1.82) is 0 Å². The van der Waals surface area contributed by atoms with Gasteiger partial charge >= 0.3 is 31.4 Å². The van der Waals surface area contributed by atoms with E-state index in [2.05, 4.69) is 93.6 Å². The molecule has 0 saturated carbocycles. The molecule has 0 saturated heterocycles. The van der Waals surface area contributed by atoms with Gasteiger partial charge in [-0.2, -0.15) is 26.3 Å². The first kappa shape index (κ1) is 37.2. The van der Waals surface area contributed by atoms with Crippen LogP contribution in [0.4, 0.5) is 26.3 Å². The summed E-state index contributed by atoms with van der Waals surface area (Å²) in [5.74, 6) is 0. The number of halogens is 6. The summed E-state index contributed by atoms with van der Waals surface area (Å²) in [6.07, 6.45) is 0. The molecule has 218 valence electrons. The molecule has 39 heavy (non-hydrogen) atoms. The van der Waals surface area contributed by atoms with Gasteiger partial charge in [-0.15, -0.1) is 0 Å². The molecule has 0 aliphatic rings. The molecule has 16 heteroatoms. The summed E-state index contributed by atoms with van der Waals surface area (Å²) in [7, 11) is -12.7. The number of aryl methyl sites for hydroxylation is 3. The van der Waals surface area contributed by atoms with E-state index in [4.69, 9.17) is 25.9 Å². The first-order valence-corrected chi connectivity index (χ1v) is 14.4. The fourth-order valence-electron chi connectivity index (χ4n) is 2.83. The fraction of sp³-hybridized carbons (Fsp3) is 0.217. The Bertz CT molecular complexity index is 1300. The zero-order valence-corrected chi connectivity index (χ0v) is 24.3. The molecule has 3 rings (SSSR count). The van der Waals surface area contributed by atoms with Gasteiger partial charge in [0.2, 0.25) is 0 Å². The monoisotopic (exact) mass is 708 g/mol. The van der Waals surface area contributed by atoms with E-state index in [0.717, 1.165) is 0 Å². The van der Waals surface area contributed by atoms with Crippen LogP contribution in [0.2, 0.25) is 0 Å². The van der Waals surface area contributed by atoms with Gasteiger partial charge in [-0.1, -0.05) is 72.8 Å². The maximum atomic E-state index is 10.7. The van der Waals surface area contributed by atoms with Gasteiger partial charge < -0.3 is 9.11 Å². The predicted octanol–water partition coefficient (Wildman–Crippen LogP) is 4.47. The Kier molecular flexibility index (Phi) is 14.0. The molecule has 0 fully saturated rings. The number of rotatable bonds is 3. The minimum Gasteiger partial charge on any atom is -0.741 e. The molecule has 0 atom stereocenters. The van der Waals surface area contributed by atoms with Crippen LogP contribution in [0.15, 0.2) is 72.8 Å². The van der Waals surface area contributed by atoms with E-state index >= 15 is 0 Å². The van der Waals surface area contributed by atoms with Crippen LogP contribution in [0.25, 0.3) is 0 Å². The molecule has 3 aromatic rings. The Morgan fingerprint density at radius 2 is 0.718 bits per heavy atom. The van der Waals surface area contributed by atoms with Crippen molar-refractivity contribution in [2.45, 2.75) is 31.8 Å². The van der Waals surface area contributed by atoms with Gasteiger partial charge in [-0.05, 0) is 61.3 Å². The third-order valence-corrected chi connectivity index (χ3v) is 8.72. The predicted molar refractivity (Wildman–Crippen MR) is 131 cm³/mol. The Morgan fingerprint density at radius 3 is 0.872 bits per heavy atom. The molecule has 0 amide bonds. The van der Waals surface area contributed by atoms with Gasteiger partial charge in [0.25, 0.3) is 0 Å². The number of hydrogen-bond donors (Lipinski definition) is 0. The van der Waals surface area contributed by atoms with Crippen LogP contribution in [0.5, 0.6) is 0 Å². The Balaban J connectivity index is 0.000000708. The fourth-order valence-corrected chi connectivity index (χ4v) is 5.60. The van der Waals surface area contributed by atoms with Crippen LogP contribution >= 0.6 is 7.92 Å². The normalized spacial score (nSPS) is 11.9. The number of benzene rings is 3. The minimum atomic E-state index is -6.09. The van der Waals surface area contributed by atoms with Crippen molar-refractivity contribution in [3.8, 4) is 0 Å². The van der Waals surface area contributed by atoms with Crippen LogP contribution < -0.4 is 15.9 Å². The van der Waals surface area contributed by atoms with E-state index < -0.39 is 39.2 Å². The van der Waals surface area contributed by atoms with Gasteiger partial charge in [0.1, 0.15) is 0 Å². The molecule has 0 bridgehead atoms. The smallest absolute Gasteiger partial charge is 0.741 e. The standard InChI is InChI=1S/C21H21P.2CHF3O3S.Pd/c1-16-10-4-7-13-19(16)22(20-14-8-5-11-17(20)2)21-15-9-6-12-18(21)3;2*2-1(3,4)8(5,6)7;/h4-15H,1-3H3;2*(H,5,6,7);/q;;;+2/p-2. The molecule has 0 heterocycles. The van der Waals surface area contributed by atoms with E-state index in [1.165, 1.54) is 32.6 Å². The summed E-state index contributed by atoms with van der Waals surface area (Å²) in [4.78, 5) is 0. The zero-order chi connectivity index (χ0) is 29.5. The van der Waals surface area contributed by atoms with Gasteiger partial charge in [0, 0.05) is 0 Å². The molecule has 0 unspecified atom stereocenters. The average Bonchev–Trinajstić information content (AvgIpc) is 2.76. The van der Waals surface area contributed by atoms with E-state index in [-0.39, 0.29) is 20.4 Å². The first-order valence-electron chi connectivity index (χ1n) is 10.2. The summed E-state index contributed by atoms with van der Waals surface area (Å²) < 4.78 is 118. The third-order valence-electron chi connectivity index (χ3n) is 4.64. The van der Waals surface area contributed by atoms with Gasteiger partial charge in [0.05, 0.1) is 0 Å². The Hall–Kier alpha value is -1.85. The molecule has 0 aromatic heterocycles. The summed E-state index contributed by atoms with van der Waals surface area (Å²) in [6, 6.07) is 26.4. The molecule has 0 radical (unpaired) electrons. The van der Waals surface area contributed by atoms with Crippen LogP contribution in [0.1, 0.15) is 16.7 Å². The molecule has 0 aliphatic carbocycles. The van der Waals surface area contributed by atoms with E-state index in [1.54, 1.807) is 0 Å². The second-order valence-electron chi connectivity index (χ2n) is 7.49. The average molecular weight is 709 g/mol. The van der Waals surface area contributed by atoms with Crippen molar-refractivity contribution >= 4 is 44.1 Å². The van der Waals surface area contributed by atoms with Crippen LogP contribution in [-0.2, 0) is 40.7 Å². The van der Waals surface area contributed by atoms with Gasteiger partial charge in [0.15, 0.2) is 20.2 Å². The summed E-state index contributed by atoms with van der Waals surface area (Å²) in [5.41, 5.74) is -7.17. The molecule has 0 N–H and O–H groups in total. The van der Waals surface area contributed by atoms with E-state index in [0.29, 0.717) is 0 Å². The SMILES string of the molecule is Cc1ccccc1P(c1ccccc1C)c1ccccc1C.O=S(=O)([O-])C(F)(F)F.O=S(=O)([O-])C(F)(F)F.[Pd+2]. The van der Waals surface area contributed by atoms with Crippen LogP contribution in [-0.4, -0.2) is 37.0 Å². The third kappa shape index (κ3) is 11.3. The van der Waals surface area contributed by atoms with Gasteiger partial charge in [-0.3, -0.25) is 0 Å². The van der Waals surface area contributed by atoms with Crippen LogP contribution in [0.3, 0.4) is 0 Å². The molecular formula is C23H21F6O6PPdS2. The van der Waals surface area contributed by atoms with Crippen molar-refractivity contribution in [2.24, 2.45) is 0 Å². The maximum absolute atomic E-state index is 10.7. The van der Waals surface area contributed by atoms with Crippen molar-refractivity contribution in [3.05, 3.63) is 89.5 Å². The second-order valence-corrected chi connectivity index (χ2v) is 12.4. The molecule has 6 nitrogen and oxygen atoms in total. The van der Waals surface area contributed by atoms with Crippen molar-refractivity contribution in [2.75, 3.05) is 0 Å². The van der Waals surface area contributed by atoms with E-state index in [9.17, 15) is 26.3 Å². The topological polar surface area (TPSA) is 114 Å². The summed E-state index contributed by atoms with van der Waals surface area (Å²) in [5, 5.41) is 4.38. The molecule has 3 aromatic carbocycles. The summed E-state index contributed by atoms with van der Waals surface area (Å²) >= 11 is 0. The quantitative estimate of drug-likeness (QED) is 0.131. The van der Waals surface area contributed by atoms with Crippen molar-refractivity contribution in [3.63, 3.8) is 0 Å². The first-order chi connectivity index (χ1) is 17.2. The van der Waals surface area contributed by atoms with Crippen molar-refractivity contribution in [1.82, 2.24) is 0 Å². The Labute approximate surface area is 237 Å². The van der Waals surface area contributed by atoms with Crippen molar-refractivity contribution < 1.29 is 72.7 Å². The zero-order valence-electron chi connectivity index (χ0n) is 20.2. The molecular weight excluding hydrogens is 688 g/mol. The Morgan fingerprint density at radius 1 is 0.538 bits per heavy atom. The number of hydrogen-bond acceptors (Lipinski definition) is 6. The minimum absolute atomic E-state index is 0. The summed E-state index contributed by atoms with van der Waals surface area (Å²) in [6.45, 7) is 6.67.